The highest BCUT2D eigenvalue weighted by atomic mass is 35.5. The molecule has 1 aliphatic carbocycles. The summed E-state index contributed by atoms with van der Waals surface area (Å²) in [5.74, 6) is 0.583. The van der Waals surface area contributed by atoms with Gasteiger partial charge in [-0.05, 0) is 62.3 Å². The van der Waals surface area contributed by atoms with Gasteiger partial charge in [0.1, 0.15) is 0 Å². The van der Waals surface area contributed by atoms with E-state index in [2.05, 4.69) is 15.3 Å². The molecular formula is C23H28ClN3O3S. The topological polar surface area (TPSA) is 89.0 Å². The number of hydrogen-bond donors (Lipinski definition) is 1. The Morgan fingerprint density at radius 2 is 1.94 bits per heavy atom. The Kier molecular flexibility index (Phi) is 7.49. The van der Waals surface area contributed by atoms with E-state index in [-0.39, 0.29) is 28.2 Å². The zero-order chi connectivity index (χ0) is 22.6. The van der Waals surface area contributed by atoms with Crippen molar-refractivity contribution in [2.45, 2.75) is 56.8 Å². The fourth-order valence-electron chi connectivity index (χ4n) is 4.13. The lowest BCUT2D eigenvalue weighted by atomic mass is 9.82. The van der Waals surface area contributed by atoms with Crippen molar-refractivity contribution in [3.8, 4) is 0 Å². The standard InChI is InChI=1S/C23H28ClN3O3S/c1-15(2)10-18-13-26-22(14-25-18)27-23(28)12-19(16-6-4-5-7-16)17-8-9-21(20(24)11-17)31(3,29)30/h8-11,13-14,16,19H,4-7,12H2,1-3H3,(H,26,27,28). The highest BCUT2D eigenvalue weighted by Crippen LogP contribution is 2.40. The van der Waals surface area contributed by atoms with Gasteiger partial charge in [0, 0.05) is 12.7 Å². The van der Waals surface area contributed by atoms with Gasteiger partial charge in [-0.25, -0.2) is 13.4 Å². The Hall–Kier alpha value is -2.25. The number of aromatic nitrogens is 2. The maximum atomic E-state index is 12.8. The van der Waals surface area contributed by atoms with Gasteiger partial charge in [0.15, 0.2) is 15.7 Å². The van der Waals surface area contributed by atoms with E-state index in [4.69, 9.17) is 11.6 Å². The normalized spacial score (nSPS) is 15.5. The van der Waals surface area contributed by atoms with Gasteiger partial charge in [-0.1, -0.05) is 36.1 Å². The van der Waals surface area contributed by atoms with Crippen LogP contribution in [0.25, 0.3) is 6.08 Å². The molecule has 1 aromatic heterocycles. The zero-order valence-electron chi connectivity index (χ0n) is 18.1. The summed E-state index contributed by atoms with van der Waals surface area (Å²) in [5.41, 5.74) is 2.75. The van der Waals surface area contributed by atoms with E-state index in [1.165, 1.54) is 0 Å². The summed E-state index contributed by atoms with van der Waals surface area (Å²) in [6, 6.07) is 5.02. The first-order chi connectivity index (χ1) is 14.6. The zero-order valence-corrected chi connectivity index (χ0v) is 19.6. The number of benzene rings is 1. The van der Waals surface area contributed by atoms with E-state index in [0.29, 0.717) is 11.7 Å². The number of sulfone groups is 1. The largest absolute Gasteiger partial charge is 0.309 e. The number of rotatable bonds is 7. The van der Waals surface area contributed by atoms with Crippen molar-refractivity contribution >= 4 is 39.2 Å². The second kappa shape index (κ2) is 9.92. The number of hydrogen-bond acceptors (Lipinski definition) is 5. The molecule has 0 radical (unpaired) electrons. The molecule has 0 saturated heterocycles. The monoisotopic (exact) mass is 461 g/mol. The van der Waals surface area contributed by atoms with Gasteiger partial charge in [0.05, 0.1) is 28.0 Å². The van der Waals surface area contributed by atoms with Crippen molar-refractivity contribution < 1.29 is 13.2 Å². The van der Waals surface area contributed by atoms with Gasteiger partial charge in [-0.3, -0.25) is 9.78 Å². The fourth-order valence-corrected chi connectivity index (χ4v) is 5.47. The first-order valence-corrected chi connectivity index (χ1v) is 12.7. The Labute approximate surface area is 189 Å². The number of carbonyl (C=O) groups excluding carboxylic acids is 1. The summed E-state index contributed by atoms with van der Waals surface area (Å²) in [6.45, 7) is 3.96. The molecule has 1 aromatic carbocycles. The van der Waals surface area contributed by atoms with Crippen LogP contribution < -0.4 is 5.32 Å². The smallest absolute Gasteiger partial charge is 0.226 e. The third-order valence-corrected chi connectivity index (χ3v) is 7.11. The Balaban J connectivity index is 1.78. The molecular weight excluding hydrogens is 434 g/mol. The van der Waals surface area contributed by atoms with Gasteiger partial charge in [0.25, 0.3) is 0 Å². The molecule has 1 fully saturated rings. The number of allylic oxidation sites excluding steroid dienone is 1. The van der Waals surface area contributed by atoms with Gasteiger partial charge in [-0.2, -0.15) is 0 Å². The molecule has 166 valence electrons. The number of anilines is 1. The van der Waals surface area contributed by atoms with Crippen LogP contribution in [-0.2, 0) is 14.6 Å². The SMILES string of the molecule is CC(C)=Cc1cnc(NC(=O)CC(c2ccc(S(C)(=O)=O)c(Cl)c2)C2CCCC2)cn1. The number of carbonyl (C=O) groups is 1. The maximum absolute atomic E-state index is 12.8. The van der Waals surface area contributed by atoms with Crippen LogP contribution in [0.15, 0.2) is 41.1 Å². The lowest BCUT2D eigenvalue weighted by Gasteiger charge is -2.24. The highest BCUT2D eigenvalue weighted by molar-refractivity contribution is 7.90. The molecule has 0 bridgehead atoms. The van der Waals surface area contributed by atoms with Crippen molar-refractivity contribution in [1.29, 1.82) is 0 Å². The maximum Gasteiger partial charge on any atom is 0.226 e. The van der Waals surface area contributed by atoms with Gasteiger partial charge in [-0.15, -0.1) is 0 Å². The molecule has 0 spiro atoms. The lowest BCUT2D eigenvalue weighted by molar-refractivity contribution is -0.116. The summed E-state index contributed by atoms with van der Waals surface area (Å²) < 4.78 is 23.8. The Bertz CT molecular complexity index is 1070. The molecule has 1 saturated carbocycles. The molecule has 1 aliphatic rings. The predicted octanol–water partition coefficient (Wildman–Crippen LogP) is 5.26. The minimum Gasteiger partial charge on any atom is -0.309 e. The van der Waals surface area contributed by atoms with Crippen molar-refractivity contribution in [3.63, 3.8) is 0 Å². The number of nitrogens with zero attached hydrogens (tertiary/aromatic N) is 2. The fraction of sp³-hybridized carbons (Fsp3) is 0.435. The molecule has 6 nitrogen and oxygen atoms in total. The van der Waals surface area contributed by atoms with Crippen LogP contribution in [0, 0.1) is 5.92 Å². The van der Waals surface area contributed by atoms with Crippen LogP contribution in [0.5, 0.6) is 0 Å². The number of nitrogens with one attached hydrogen (secondary N) is 1. The summed E-state index contributed by atoms with van der Waals surface area (Å²) in [6.07, 6.45) is 10.9. The molecule has 1 heterocycles. The average Bonchev–Trinajstić information content (AvgIpc) is 3.20. The van der Waals surface area contributed by atoms with Crippen LogP contribution in [0.2, 0.25) is 5.02 Å². The number of halogens is 1. The highest BCUT2D eigenvalue weighted by Gasteiger charge is 2.29. The van der Waals surface area contributed by atoms with Crippen LogP contribution in [-0.4, -0.2) is 30.5 Å². The third kappa shape index (κ3) is 6.37. The first-order valence-electron chi connectivity index (χ1n) is 10.4. The second-order valence-corrected chi connectivity index (χ2v) is 10.8. The molecule has 2 aromatic rings. The lowest BCUT2D eigenvalue weighted by Crippen LogP contribution is -2.20. The van der Waals surface area contributed by atoms with E-state index in [0.717, 1.165) is 48.8 Å². The predicted molar refractivity (Wildman–Crippen MR) is 124 cm³/mol. The number of amides is 1. The molecule has 1 atom stereocenters. The molecule has 3 rings (SSSR count). The first kappa shape index (κ1) is 23.4. The van der Waals surface area contributed by atoms with E-state index in [1.807, 2.05) is 19.9 Å². The molecule has 1 amide bonds. The van der Waals surface area contributed by atoms with E-state index in [1.54, 1.807) is 30.6 Å². The second-order valence-electron chi connectivity index (χ2n) is 8.41. The van der Waals surface area contributed by atoms with Crippen molar-refractivity contribution in [1.82, 2.24) is 9.97 Å². The quantitative estimate of drug-likeness (QED) is 0.607. The summed E-state index contributed by atoms with van der Waals surface area (Å²) in [5, 5.41) is 3.03. The molecule has 8 heteroatoms. The van der Waals surface area contributed by atoms with Gasteiger partial charge >= 0.3 is 0 Å². The van der Waals surface area contributed by atoms with Crippen LogP contribution in [0.3, 0.4) is 0 Å². The average molecular weight is 462 g/mol. The van der Waals surface area contributed by atoms with Crippen LogP contribution in [0.1, 0.15) is 63.1 Å². The molecule has 31 heavy (non-hydrogen) atoms. The molecule has 1 unspecified atom stereocenters. The van der Waals surface area contributed by atoms with Gasteiger partial charge < -0.3 is 5.32 Å². The Morgan fingerprint density at radius 1 is 1.23 bits per heavy atom. The van der Waals surface area contributed by atoms with E-state index in [9.17, 15) is 13.2 Å². The summed E-state index contributed by atoms with van der Waals surface area (Å²) in [4.78, 5) is 21.5. The van der Waals surface area contributed by atoms with Gasteiger partial charge in [0.2, 0.25) is 5.91 Å². The van der Waals surface area contributed by atoms with Crippen molar-refractivity contribution in [2.75, 3.05) is 11.6 Å². The summed E-state index contributed by atoms with van der Waals surface area (Å²) >= 11 is 6.28. The van der Waals surface area contributed by atoms with E-state index >= 15 is 0 Å². The Morgan fingerprint density at radius 3 is 2.48 bits per heavy atom. The molecule has 0 aliphatic heterocycles. The van der Waals surface area contributed by atoms with Crippen LogP contribution >= 0.6 is 11.6 Å². The van der Waals surface area contributed by atoms with E-state index < -0.39 is 9.84 Å². The van der Waals surface area contributed by atoms with Crippen molar-refractivity contribution in [3.05, 3.63) is 52.4 Å². The minimum atomic E-state index is -3.40. The molecule has 1 N–H and O–H groups in total. The van der Waals surface area contributed by atoms with Crippen molar-refractivity contribution in [2.24, 2.45) is 5.92 Å². The third-order valence-electron chi connectivity index (χ3n) is 5.53. The van der Waals surface area contributed by atoms with Crippen LogP contribution in [0.4, 0.5) is 5.82 Å². The minimum absolute atomic E-state index is 0.0356. The summed E-state index contributed by atoms with van der Waals surface area (Å²) in [7, 11) is -3.40.